The standard InChI is InChI=1S/C20H14F3N3O/c21-13-5-3-12(4-6-13)11-26-19(18-15(20(26)27)2-1-9-24-18)25-14-7-8-16(22)17(23)10-14/h1-10,19,25H,11H2/t19-/m0/s1. The molecule has 3 aromatic rings. The molecule has 0 saturated carbocycles. The number of nitrogens with zero attached hydrogens (tertiary/aromatic N) is 2. The van der Waals surface area contributed by atoms with Gasteiger partial charge in [-0.05, 0) is 42.0 Å². The number of carbonyl (C=O) groups is 1. The van der Waals surface area contributed by atoms with Crippen molar-refractivity contribution in [3.8, 4) is 0 Å². The summed E-state index contributed by atoms with van der Waals surface area (Å²) in [6.07, 6.45) is 0.900. The number of halogens is 3. The van der Waals surface area contributed by atoms with E-state index in [4.69, 9.17) is 0 Å². The van der Waals surface area contributed by atoms with Crippen LogP contribution in [-0.2, 0) is 6.54 Å². The third-order valence-corrected chi connectivity index (χ3v) is 4.39. The van der Waals surface area contributed by atoms with E-state index in [9.17, 15) is 18.0 Å². The van der Waals surface area contributed by atoms with Crippen LogP contribution in [0.25, 0.3) is 0 Å². The molecule has 136 valence electrons. The molecular weight excluding hydrogens is 355 g/mol. The summed E-state index contributed by atoms with van der Waals surface area (Å²) in [7, 11) is 0. The van der Waals surface area contributed by atoms with Crippen molar-refractivity contribution in [1.29, 1.82) is 0 Å². The molecule has 0 fully saturated rings. The van der Waals surface area contributed by atoms with E-state index in [-0.39, 0.29) is 18.3 Å². The van der Waals surface area contributed by atoms with Gasteiger partial charge in [-0.25, -0.2) is 13.2 Å². The van der Waals surface area contributed by atoms with Crippen molar-refractivity contribution < 1.29 is 18.0 Å². The lowest BCUT2D eigenvalue weighted by Gasteiger charge is -2.26. The zero-order valence-corrected chi connectivity index (χ0v) is 14.0. The number of aromatic nitrogens is 1. The van der Waals surface area contributed by atoms with Gasteiger partial charge in [0, 0.05) is 24.5 Å². The smallest absolute Gasteiger partial charge is 0.258 e. The van der Waals surface area contributed by atoms with Crippen LogP contribution < -0.4 is 5.32 Å². The second kappa shape index (κ2) is 6.75. The number of amides is 1. The Balaban J connectivity index is 1.68. The van der Waals surface area contributed by atoms with E-state index in [1.807, 2.05) is 0 Å². The highest BCUT2D eigenvalue weighted by Gasteiger charge is 2.37. The second-order valence-electron chi connectivity index (χ2n) is 6.17. The fraction of sp³-hybridized carbons (Fsp3) is 0.100. The molecule has 2 heterocycles. The topological polar surface area (TPSA) is 45.2 Å². The van der Waals surface area contributed by atoms with Gasteiger partial charge >= 0.3 is 0 Å². The van der Waals surface area contributed by atoms with Crippen molar-refractivity contribution in [2.75, 3.05) is 5.32 Å². The summed E-state index contributed by atoms with van der Waals surface area (Å²) in [5, 5.41) is 3.04. The molecule has 2 aromatic carbocycles. The van der Waals surface area contributed by atoms with Gasteiger partial charge in [0.2, 0.25) is 0 Å². The monoisotopic (exact) mass is 369 g/mol. The lowest BCUT2D eigenvalue weighted by atomic mass is 10.2. The van der Waals surface area contributed by atoms with Crippen molar-refractivity contribution in [1.82, 2.24) is 9.88 Å². The summed E-state index contributed by atoms with van der Waals surface area (Å²) in [5.74, 6) is -2.56. The Morgan fingerprint density at radius 3 is 2.52 bits per heavy atom. The maximum Gasteiger partial charge on any atom is 0.258 e. The highest BCUT2D eigenvalue weighted by molar-refractivity contribution is 5.98. The average Bonchev–Trinajstić information content (AvgIpc) is 2.92. The largest absolute Gasteiger partial charge is 0.360 e. The molecule has 1 N–H and O–H groups in total. The van der Waals surface area contributed by atoms with Crippen LogP contribution in [0.5, 0.6) is 0 Å². The number of hydrogen-bond donors (Lipinski definition) is 1. The number of nitrogens with one attached hydrogen (secondary N) is 1. The number of pyridine rings is 1. The van der Waals surface area contributed by atoms with Crippen molar-refractivity contribution in [3.05, 3.63) is 95.1 Å². The summed E-state index contributed by atoms with van der Waals surface area (Å²) in [6.45, 7) is 0.205. The average molecular weight is 369 g/mol. The lowest BCUT2D eigenvalue weighted by molar-refractivity contribution is 0.0727. The van der Waals surface area contributed by atoms with Gasteiger partial charge < -0.3 is 10.2 Å². The van der Waals surface area contributed by atoms with Gasteiger partial charge in [0.05, 0.1) is 11.3 Å². The first-order valence-corrected chi connectivity index (χ1v) is 8.25. The van der Waals surface area contributed by atoms with E-state index in [1.54, 1.807) is 30.5 Å². The Morgan fingerprint density at radius 2 is 1.78 bits per heavy atom. The number of carbonyl (C=O) groups excluding carboxylic acids is 1. The van der Waals surface area contributed by atoms with Crippen LogP contribution in [-0.4, -0.2) is 15.8 Å². The van der Waals surface area contributed by atoms with Crippen LogP contribution in [0.1, 0.15) is 27.8 Å². The second-order valence-corrected chi connectivity index (χ2v) is 6.17. The van der Waals surface area contributed by atoms with E-state index < -0.39 is 17.8 Å². The molecular formula is C20H14F3N3O. The minimum atomic E-state index is -0.990. The zero-order chi connectivity index (χ0) is 19.0. The number of hydrogen-bond acceptors (Lipinski definition) is 3. The van der Waals surface area contributed by atoms with Gasteiger partial charge in [-0.2, -0.15) is 0 Å². The molecule has 1 aliphatic rings. The van der Waals surface area contributed by atoms with E-state index in [2.05, 4.69) is 10.3 Å². The minimum absolute atomic E-state index is 0.205. The number of benzene rings is 2. The number of rotatable bonds is 4. The van der Waals surface area contributed by atoms with Crippen molar-refractivity contribution in [3.63, 3.8) is 0 Å². The Bertz CT molecular complexity index is 1010. The van der Waals surface area contributed by atoms with E-state index >= 15 is 0 Å². The van der Waals surface area contributed by atoms with Crippen LogP contribution in [0, 0.1) is 17.5 Å². The molecule has 1 atom stereocenters. The van der Waals surface area contributed by atoms with Gasteiger partial charge in [-0.3, -0.25) is 9.78 Å². The lowest BCUT2D eigenvalue weighted by Crippen LogP contribution is -2.32. The zero-order valence-electron chi connectivity index (χ0n) is 14.0. The molecule has 0 aliphatic carbocycles. The van der Waals surface area contributed by atoms with Crippen LogP contribution in [0.2, 0.25) is 0 Å². The normalized spacial score (nSPS) is 15.7. The molecule has 0 spiro atoms. The van der Waals surface area contributed by atoms with Crippen molar-refractivity contribution in [2.24, 2.45) is 0 Å². The Labute approximate surface area is 153 Å². The SMILES string of the molecule is O=C1c2cccnc2[C@@H](Nc2ccc(F)c(F)c2)N1Cc1ccc(F)cc1. The Morgan fingerprint density at radius 1 is 1.00 bits per heavy atom. The van der Waals surface area contributed by atoms with Crippen LogP contribution in [0.15, 0.2) is 60.8 Å². The number of fused-ring (bicyclic) bond motifs is 1. The van der Waals surface area contributed by atoms with Crippen molar-refractivity contribution in [2.45, 2.75) is 12.7 Å². The van der Waals surface area contributed by atoms with Crippen molar-refractivity contribution >= 4 is 11.6 Å². The molecule has 4 nitrogen and oxygen atoms in total. The molecule has 7 heteroatoms. The fourth-order valence-corrected chi connectivity index (χ4v) is 3.08. The molecule has 0 radical (unpaired) electrons. The van der Waals surface area contributed by atoms with Crippen LogP contribution >= 0.6 is 0 Å². The minimum Gasteiger partial charge on any atom is -0.360 e. The maximum absolute atomic E-state index is 13.6. The first-order valence-electron chi connectivity index (χ1n) is 8.25. The summed E-state index contributed by atoms with van der Waals surface area (Å²) in [5.41, 5.74) is 1.97. The summed E-state index contributed by atoms with van der Waals surface area (Å²) < 4.78 is 39.9. The Hall–Kier alpha value is -3.35. The van der Waals surface area contributed by atoms with E-state index in [0.29, 0.717) is 16.9 Å². The first-order chi connectivity index (χ1) is 13.0. The van der Waals surface area contributed by atoms with E-state index in [1.165, 1.54) is 23.1 Å². The fourth-order valence-electron chi connectivity index (χ4n) is 3.08. The predicted octanol–water partition coefficient (Wildman–Crippen LogP) is 4.27. The number of anilines is 1. The molecule has 4 rings (SSSR count). The first kappa shape index (κ1) is 17.1. The van der Waals surface area contributed by atoms with Gasteiger partial charge in [-0.1, -0.05) is 12.1 Å². The third-order valence-electron chi connectivity index (χ3n) is 4.39. The summed E-state index contributed by atoms with van der Waals surface area (Å²) >= 11 is 0. The molecule has 0 bridgehead atoms. The van der Waals surface area contributed by atoms with E-state index in [0.717, 1.165) is 17.7 Å². The molecule has 1 aliphatic heterocycles. The third kappa shape index (κ3) is 3.23. The van der Waals surface area contributed by atoms with Crippen LogP contribution in [0.4, 0.5) is 18.9 Å². The molecule has 1 aromatic heterocycles. The molecule has 0 unspecified atom stereocenters. The molecule has 27 heavy (non-hydrogen) atoms. The maximum atomic E-state index is 13.6. The quantitative estimate of drug-likeness (QED) is 0.747. The van der Waals surface area contributed by atoms with Crippen LogP contribution in [0.3, 0.4) is 0 Å². The highest BCUT2D eigenvalue weighted by atomic mass is 19.2. The highest BCUT2D eigenvalue weighted by Crippen LogP contribution is 2.34. The van der Waals surface area contributed by atoms with Gasteiger partial charge in [0.25, 0.3) is 5.91 Å². The molecule has 1 amide bonds. The van der Waals surface area contributed by atoms with Gasteiger partial charge in [-0.15, -0.1) is 0 Å². The Kier molecular flexibility index (Phi) is 4.27. The summed E-state index contributed by atoms with van der Waals surface area (Å²) in [6, 6.07) is 12.6. The molecule has 0 saturated heterocycles. The van der Waals surface area contributed by atoms with Gasteiger partial charge in [0.15, 0.2) is 11.6 Å². The predicted molar refractivity (Wildman–Crippen MR) is 93.2 cm³/mol. The summed E-state index contributed by atoms with van der Waals surface area (Å²) in [4.78, 5) is 18.6. The van der Waals surface area contributed by atoms with Gasteiger partial charge in [0.1, 0.15) is 12.0 Å².